The lowest BCUT2D eigenvalue weighted by Crippen LogP contribution is -2.54. The highest BCUT2D eigenvalue weighted by molar-refractivity contribution is 9.10. The number of anilines is 1. The Morgan fingerprint density at radius 1 is 1.17 bits per heavy atom. The molecule has 3 N–H and O–H groups in total. The molecular formula is C34H47BrF2N4O7. The van der Waals surface area contributed by atoms with Gasteiger partial charge >= 0.3 is 11.9 Å². The van der Waals surface area contributed by atoms with Crippen LogP contribution in [0.5, 0.6) is 0 Å². The molecule has 266 valence electrons. The molecule has 1 aliphatic heterocycles. The number of esters is 1. The van der Waals surface area contributed by atoms with Crippen LogP contribution in [0.25, 0.3) is 0 Å². The van der Waals surface area contributed by atoms with Crippen molar-refractivity contribution in [1.82, 2.24) is 10.2 Å². The van der Waals surface area contributed by atoms with Crippen LogP contribution in [0, 0.1) is 12.3 Å². The summed E-state index contributed by atoms with van der Waals surface area (Å²) in [6.07, 6.45) is 1.30. The lowest BCUT2D eigenvalue weighted by atomic mass is 10.0. The van der Waals surface area contributed by atoms with Crippen molar-refractivity contribution in [2.24, 2.45) is 0 Å². The van der Waals surface area contributed by atoms with Crippen molar-refractivity contribution in [3.05, 3.63) is 63.6 Å². The first-order valence-electron chi connectivity index (χ1n) is 14.8. The summed E-state index contributed by atoms with van der Waals surface area (Å²) >= 11 is 3.48. The second kappa shape index (κ2) is 21.2. The Kier molecular flexibility index (Phi) is 19.5. The third kappa shape index (κ3) is 16.8. The molecule has 0 aliphatic carbocycles. The molecular weight excluding hydrogens is 694 g/mol. The number of ketones is 1. The maximum atomic E-state index is 12.1. The number of likely N-dealkylation sites (N-methyl/N-ethyl adjacent to an activating group) is 1. The van der Waals surface area contributed by atoms with Crippen LogP contribution in [-0.4, -0.2) is 86.3 Å². The molecule has 3 rings (SSSR count). The number of halogens is 3. The molecule has 1 aliphatic rings. The molecule has 1 heterocycles. The Balaban J connectivity index is 0.000000804. The number of amides is 2. The molecule has 0 saturated carbocycles. The standard InChI is InChI=1S/C19H20BrN3O2.C10H19NO3.C4H6F2O.CH2O/c1-12-3-6-15(9-17(12)20)13(2)22-18(24)10-19(25)23-16-7-4-14(11-21)5-8-16;1-10(2)7-14-8(6-11(10)3)5-9(12)13-4;1-3(7)4(2,5)6;1-2/h3-9,11,13,21H,10H2,1-2H3,(H,22,24)(H,23,25);8H,5-7H2,1-4H3;1-2H3;1H2. The number of methoxy groups -OCH3 is 1. The van der Waals surface area contributed by atoms with Gasteiger partial charge < -0.3 is 30.3 Å². The highest BCUT2D eigenvalue weighted by atomic mass is 79.9. The van der Waals surface area contributed by atoms with E-state index < -0.39 is 11.7 Å². The summed E-state index contributed by atoms with van der Waals surface area (Å²) in [5, 5.41) is 12.6. The van der Waals surface area contributed by atoms with Gasteiger partial charge in [0.1, 0.15) is 13.2 Å². The molecule has 0 radical (unpaired) electrons. The SMILES string of the molecule is C=O.CC(=O)C(C)(F)F.COC(=O)CC1CN(C)C(C)(C)CO1.Cc1ccc(C(C)NC(=O)CC(=O)Nc2ccc(C=N)cc2)cc1Br. The van der Waals surface area contributed by atoms with Crippen molar-refractivity contribution >= 4 is 58.2 Å². The first-order valence-corrected chi connectivity index (χ1v) is 15.6. The monoisotopic (exact) mass is 740 g/mol. The number of benzene rings is 2. The van der Waals surface area contributed by atoms with Crippen molar-refractivity contribution in [2.75, 3.05) is 32.6 Å². The van der Waals surface area contributed by atoms with E-state index in [-0.39, 0.29) is 41.9 Å². The third-order valence-corrected chi connectivity index (χ3v) is 8.03. The molecule has 0 bridgehead atoms. The van der Waals surface area contributed by atoms with Crippen LogP contribution >= 0.6 is 15.9 Å². The number of hydrogen-bond acceptors (Lipinski definition) is 9. The minimum atomic E-state index is -3.14. The fraction of sp³-hybridized carbons (Fsp3) is 0.471. The second-order valence-electron chi connectivity index (χ2n) is 11.6. The van der Waals surface area contributed by atoms with Crippen molar-refractivity contribution in [3.8, 4) is 0 Å². The second-order valence-corrected chi connectivity index (χ2v) is 12.5. The van der Waals surface area contributed by atoms with Gasteiger partial charge in [0.2, 0.25) is 11.8 Å². The van der Waals surface area contributed by atoms with Crippen LogP contribution in [0.4, 0.5) is 14.5 Å². The quantitative estimate of drug-likeness (QED) is 0.169. The lowest BCUT2D eigenvalue weighted by Gasteiger charge is -2.42. The normalized spacial score (nSPS) is 15.7. The smallest absolute Gasteiger partial charge is 0.308 e. The van der Waals surface area contributed by atoms with Crippen LogP contribution in [-0.2, 0) is 33.4 Å². The van der Waals surface area contributed by atoms with Gasteiger partial charge in [0, 0.05) is 42.3 Å². The Hall–Kier alpha value is -3.88. The summed E-state index contributed by atoms with van der Waals surface area (Å²) in [5.74, 6) is -5.15. The number of carbonyl (C=O) groups excluding carboxylic acids is 5. The van der Waals surface area contributed by atoms with Gasteiger partial charge in [-0.2, -0.15) is 8.78 Å². The first-order chi connectivity index (χ1) is 22.3. The van der Waals surface area contributed by atoms with Gasteiger partial charge in [-0.1, -0.05) is 40.2 Å². The largest absolute Gasteiger partial charge is 0.469 e. The van der Waals surface area contributed by atoms with Gasteiger partial charge in [-0.25, -0.2) is 0 Å². The van der Waals surface area contributed by atoms with Crippen LogP contribution in [0.2, 0.25) is 0 Å². The van der Waals surface area contributed by atoms with E-state index in [1.54, 1.807) is 24.3 Å². The lowest BCUT2D eigenvalue weighted by molar-refractivity contribution is -0.149. The van der Waals surface area contributed by atoms with Crippen molar-refractivity contribution in [3.63, 3.8) is 0 Å². The number of alkyl halides is 2. The number of nitrogens with one attached hydrogen (secondary N) is 3. The van der Waals surface area contributed by atoms with Gasteiger partial charge in [0.05, 0.1) is 32.3 Å². The average Bonchev–Trinajstić information content (AvgIpc) is 3.01. The van der Waals surface area contributed by atoms with Crippen molar-refractivity contribution < 1.29 is 42.2 Å². The van der Waals surface area contributed by atoms with Crippen LogP contribution in [0.15, 0.2) is 46.9 Å². The fourth-order valence-electron chi connectivity index (χ4n) is 3.70. The minimum absolute atomic E-state index is 0.0273. The van der Waals surface area contributed by atoms with E-state index in [1.165, 1.54) is 13.3 Å². The van der Waals surface area contributed by atoms with E-state index in [4.69, 9.17) is 14.9 Å². The van der Waals surface area contributed by atoms with E-state index in [2.05, 4.69) is 50.0 Å². The summed E-state index contributed by atoms with van der Waals surface area (Å²) in [7, 11) is 3.45. The molecule has 14 heteroatoms. The summed E-state index contributed by atoms with van der Waals surface area (Å²) in [6.45, 7) is 13.0. The Morgan fingerprint density at radius 2 is 1.73 bits per heavy atom. The number of morpholine rings is 1. The molecule has 2 atom stereocenters. The predicted octanol–water partition coefficient (Wildman–Crippen LogP) is 5.67. The number of carbonyl (C=O) groups is 5. The number of nitrogens with zero attached hydrogens (tertiary/aromatic N) is 1. The first kappa shape index (κ1) is 44.1. The van der Waals surface area contributed by atoms with Gasteiger partial charge in [-0.05, 0) is 69.6 Å². The molecule has 1 saturated heterocycles. The number of Topliss-reactive ketones (excluding diaryl/α,β-unsaturated/α-hetero) is 1. The third-order valence-electron chi connectivity index (χ3n) is 7.18. The highest BCUT2D eigenvalue weighted by Gasteiger charge is 2.33. The topological polar surface area (TPSA) is 155 Å². The van der Waals surface area contributed by atoms with Crippen molar-refractivity contribution in [1.29, 1.82) is 5.41 Å². The van der Waals surface area contributed by atoms with Gasteiger partial charge in [0.15, 0.2) is 5.78 Å². The predicted molar refractivity (Wildman–Crippen MR) is 185 cm³/mol. The highest BCUT2D eigenvalue weighted by Crippen LogP contribution is 2.22. The number of aryl methyl sites for hydroxylation is 1. The fourth-order valence-corrected chi connectivity index (χ4v) is 4.09. The molecule has 11 nitrogen and oxygen atoms in total. The zero-order valence-electron chi connectivity index (χ0n) is 28.7. The zero-order valence-corrected chi connectivity index (χ0v) is 30.3. The molecule has 2 aromatic rings. The average molecular weight is 742 g/mol. The Morgan fingerprint density at radius 3 is 2.19 bits per heavy atom. The maximum absolute atomic E-state index is 12.1. The van der Waals surface area contributed by atoms with E-state index in [9.17, 15) is 28.0 Å². The molecule has 2 aromatic carbocycles. The Bertz CT molecular complexity index is 1370. The van der Waals surface area contributed by atoms with Gasteiger partial charge in [0.25, 0.3) is 0 Å². The Labute approximate surface area is 289 Å². The van der Waals surface area contributed by atoms with E-state index in [0.29, 0.717) is 25.6 Å². The van der Waals surface area contributed by atoms with Gasteiger partial charge in [-0.15, -0.1) is 0 Å². The summed E-state index contributed by atoms with van der Waals surface area (Å²) in [5.41, 5.74) is 3.49. The molecule has 2 amide bonds. The zero-order chi connectivity index (χ0) is 37.2. The molecule has 1 fully saturated rings. The van der Waals surface area contributed by atoms with Crippen LogP contribution < -0.4 is 10.6 Å². The van der Waals surface area contributed by atoms with Gasteiger partial charge in [-0.3, -0.25) is 24.1 Å². The van der Waals surface area contributed by atoms with E-state index in [1.807, 2.05) is 45.9 Å². The summed E-state index contributed by atoms with van der Waals surface area (Å²) in [4.78, 5) is 55.0. The number of ether oxygens (including phenoxy) is 2. The van der Waals surface area contributed by atoms with E-state index in [0.717, 1.165) is 34.6 Å². The minimum Gasteiger partial charge on any atom is -0.469 e. The number of hydrogen-bond donors (Lipinski definition) is 3. The van der Waals surface area contributed by atoms with Crippen molar-refractivity contribution in [2.45, 2.75) is 78.0 Å². The summed E-state index contributed by atoms with van der Waals surface area (Å²) in [6, 6.07) is 12.5. The molecule has 2 unspecified atom stereocenters. The maximum Gasteiger partial charge on any atom is 0.308 e. The number of rotatable bonds is 9. The van der Waals surface area contributed by atoms with E-state index >= 15 is 0 Å². The molecule has 0 spiro atoms. The molecule has 0 aromatic heterocycles. The van der Waals surface area contributed by atoms with Crippen LogP contribution in [0.1, 0.15) is 70.2 Å². The van der Waals surface area contributed by atoms with Crippen LogP contribution in [0.3, 0.4) is 0 Å². The summed E-state index contributed by atoms with van der Waals surface area (Å²) < 4.78 is 34.2. The molecule has 48 heavy (non-hydrogen) atoms.